The normalized spacial score (nSPS) is 18.3. The maximum atomic E-state index is 3.73. The molecule has 0 amide bonds. The van der Waals surface area contributed by atoms with Crippen molar-refractivity contribution in [2.75, 3.05) is 49.3 Å². The average molecular weight is 976 g/mol. The third kappa shape index (κ3) is 15.0. The number of rotatable bonds is 0. The van der Waals surface area contributed by atoms with Gasteiger partial charge in [-0.15, -0.1) is 0 Å². The molecule has 8 aromatic heterocycles. The van der Waals surface area contributed by atoms with E-state index < -0.39 is 0 Å². The first-order valence-electron chi connectivity index (χ1n) is 25.9. The number of fused-ring (bicyclic) bond motifs is 16. The lowest BCUT2D eigenvalue weighted by atomic mass is 10.0. The number of H-pyrrole nitrogens is 8. The molecule has 0 spiro atoms. The van der Waals surface area contributed by atoms with Crippen LogP contribution < -0.4 is 0 Å². The lowest BCUT2D eigenvalue weighted by Crippen LogP contribution is -2.20. The Hall–Kier alpha value is -6.04. The zero-order valence-electron chi connectivity index (χ0n) is 44.3. The van der Waals surface area contributed by atoms with Gasteiger partial charge in [0.2, 0.25) is 0 Å². The van der Waals surface area contributed by atoms with E-state index in [0.717, 1.165) is 104 Å². The molecule has 0 saturated heterocycles. The van der Waals surface area contributed by atoms with E-state index >= 15 is 0 Å². The summed E-state index contributed by atoms with van der Waals surface area (Å²) in [5, 5.41) is 0. The predicted molar refractivity (Wildman–Crippen MR) is 289 cm³/mol. The van der Waals surface area contributed by atoms with Crippen LogP contribution >= 0.6 is 0 Å². The van der Waals surface area contributed by atoms with E-state index in [9.17, 15) is 0 Å². The van der Waals surface area contributed by atoms with Crippen molar-refractivity contribution in [2.24, 2.45) is 5.92 Å². The van der Waals surface area contributed by atoms with Crippen LogP contribution in [0, 0.1) is 5.92 Å². The van der Waals surface area contributed by atoms with Crippen LogP contribution in [-0.4, -0.2) is 124 Å². The van der Waals surface area contributed by atoms with Gasteiger partial charge < -0.3 is 39.9 Å². The SMILES string of the molecule is CC1Cc2ccc([nH]2)CN(C)Cc2ccc([nH]2)CN(C)Cc2ccc([nH]2)CN(C)Cc2ccc([nH]2)CN(C)Cc2ccc([nH]2)CN(C)Cc2ccc([nH]2)CN(C)Cc2ccc([nH]2)CN(C)Cc2ccc([nH]2)C1. The van der Waals surface area contributed by atoms with E-state index in [1.807, 2.05) is 0 Å². The average Bonchev–Trinajstić information content (AvgIpc) is 4.16. The van der Waals surface area contributed by atoms with E-state index in [1.54, 1.807) is 0 Å². The van der Waals surface area contributed by atoms with Gasteiger partial charge in [-0.3, -0.25) is 34.3 Å². The molecule has 8 N–H and O–H groups in total. The molecule has 15 nitrogen and oxygen atoms in total. The molecule has 0 unspecified atom stereocenters. The van der Waals surface area contributed by atoms with Gasteiger partial charge in [-0.25, -0.2) is 0 Å². The van der Waals surface area contributed by atoms with E-state index in [-0.39, 0.29) is 0 Å². The second-order valence-electron chi connectivity index (χ2n) is 21.8. The number of aromatic amines is 8. The van der Waals surface area contributed by atoms with Crippen LogP contribution in [-0.2, 0) is 104 Å². The Morgan fingerprint density at radius 3 is 0.472 bits per heavy atom. The van der Waals surface area contributed by atoms with Crippen LogP contribution in [0.3, 0.4) is 0 Å². The highest BCUT2D eigenvalue weighted by molar-refractivity contribution is 5.21. The largest absolute Gasteiger partial charge is 0.361 e. The lowest BCUT2D eigenvalue weighted by molar-refractivity contribution is 0.300. The summed E-state index contributed by atoms with van der Waals surface area (Å²) in [6.45, 7) is 14.3. The third-order valence-electron chi connectivity index (χ3n) is 13.8. The second kappa shape index (κ2) is 23.7. The summed E-state index contributed by atoms with van der Waals surface area (Å²) in [4.78, 5) is 46.1. The van der Waals surface area contributed by atoms with Crippen molar-refractivity contribution in [3.05, 3.63) is 188 Å². The summed E-state index contributed by atoms with van der Waals surface area (Å²) < 4.78 is 0. The fourth-order valence-corrected chi connectivity index (χ4v) is 10.7. The van der Waals surface area contributed by atoms with Gasteiger partial charge in [0.05, 0.1) is 0 Å². The molecule has 0 aromatic carbocycles. The number of hydrogen-bond donors (Lipinski definition) is 8. The van der Waals surface area contributed by atoms with Gasteiger partial charge in [0.1, 0.15) is 0 Å². The topological polar surface area (TPSA) is 149 Å². The number of nitrogens with one attached hydrogen (secondary N) is 8. The van der Waals surface area contributed by atoms with Crippen LogP contribution in [0.2, 0.25) is 0 Å². The molecule has 0 aliphatic carbocycles. The van der Waals surface area contributed by atoms with Crippen LogP contribution in [0.5, 0.6) is 0 Å². The van der Waals surface area contributed by atoms with Crippen LogP contribution in [0.25, 0.3) is 0 Å². The maximum Gasteiger partial charge on any atom is 0.0386 e. The Morgan fingerprint density at radius 1 is 0.222 bits per heavy atom. The van der Waals surface area contributed by atoms with Crippen LogP contribution in [0.4, 0.5) is 0 Å². The van der Waals surface area contributed by atoms with E-state index in [1.165, 1.54) is 91.1 Å². The van der Waals surface area contributed by atoms with Crippen molar-refractivity contribution in [2.45, 2.75) is 111 Å². The Morgan fingerprint density at radius 2 is 0.333 bits per heavy atom. The quantitative estimate of drug-likeness (QED) is 0.0761. The minimum absolute atomic E-state index is 0.509. The zero-order valence-corrected chi connectivity index (χ0v) is 44.3. The van der Waals surface area contributed by atoms with Crippen molar-refractivity contribution in [1.29, 1.82) is 0 Å². The van der Waals surface area contributed by atoms with Gasteiger partial charge in [0.25, 0.3) is 0 Å². The first kappa shape index (κ1) is 50.9. The summed E-state index contributed by atoms with van der Waals surface area (Å²) in [6, 6.07) is 35.8. The van der Waals surface area contributed by atoms with Gasteiger partial charge in [0.15, 0.2) is 0 Å². The molecular weight excluding hydrogens is 895 g/mol. The van der Waals surface area contributed by atoms with Gasteiger partial charge >= 0.3 is 0 Å². The van der Waals surface area contributed by atoms with E-state index in [4.69, 9.17) is 0 Å². The highest BCUT2D eigenvalue weighted by atomic mass is 15.2. The minimum Gasteiger partial charge on any atom is -0.361 e. The second-order valence-corrected chi connectivity index (χ2v) is 21.8. The Balaban J connectivity index is 0.811. The fraction of sp³-hybridized carbons (Fsp3) is 0.439. The van der Waals surface area contributed by atoms with Gasteiger partial charge in [-0.1, -0.05) is 6.92 Å². The molecular formula is C57H81N15. The molecule has 0 radical (unpaired) electrons. The van der Waals surface area contributed by atoms with Crippen molar-refractivity contribution in [3.8, 4) is 0 Å². The Kier molecular flexibility index (Phi) is 16.7. The van der Waals surface area contributed by atoms with Gasteiger partial charge in [-0.05, 0) is 165 Å². The van der Waals surface area contributed by atoms with E-state index in [0.29, 0.717) is 5.92 Å². The standard InChI is InChI=1S/C57H81N15/c1-41-25-42-9-11-44(58-42)27-66(2)29-46-13-15-48(60-46)31-68(4)33-50-17-19-52(62-50)35-70(6)37-54-21-23-56(64-54)39-72(8)40-57-24-22-55(65-57)38-71(7)36-53-20-18-51(63-53)34-69(5)32-49-16-14-47(61-49)30-67(3)28-45-12-10-43(26-41)59-45/h9-24,41,58-65H,25-40H2,1-8H3. The highest BCUT2D eigenvalue weighted by Crippen LogP contribution is 2.20. The molecule has 9 rings (SSSR count). The van der Waals surface area contributed by atoms with Crippen molar-refractivity contribution >= 4 is 0 Å². The highest BCUT2D eigenvalue weighted by Gasteiger charge is 2.16. The monoisotopic (exact) mass is 976 g/mol. The molecule has 9 heterocycles. The minimum atomic E-state index is 0.509. The van der Waals surface area contributed by atoms with Crippen molar-refractivity contribution in [3.63, 3.8) is 0 Å². The molecule has 0 saturated carbocycles. The first-order chi connectivity index (χ1) is 34.7. The third-order valence-corrected chi connectivity index (χ3v) is 13.8. The lowest BCUT2D eigenvalue weighted by Gasteiger charge is -2.17. The van der Waals surface area contributed by atoms with E-state index in [2.05, 4.69) is 227 Å². The number of aromatic nitrogens is 8. The number of nitrogens with zero attached hydrogens (tertiary/aromatic N) is 7. The summed E-state index contributed by atoms with van der Waals surface area (Å²) in [6.07, 6.45) is 2.03. The van der Waals surface area contributed by atoms with Crippen molar-refractivity contribution < 1.29 is 0 Å². The van der Waals surface area contributed by atoms with Crippen LogP contribution in [0.15, 0.2) is 97.1 Å². The Bertz CT molecular complexity index is 2130. The first-order valence-corrected chi connectivity index (χ1v) is 25.9. The molecule has 72 heavy (non-hydrogen) atoms. The molecule has 1 aliphatic heterocycles. The van der Waals surface area contributed by atoms with Gasteiger partial charge in [0, 0.05) is 183 Å². The summed E-state index contributed by atoms with van der Waals surface area (Å²) in [5.74, 6) is 0.509. The molecule has 8 aromatic rings. The van der Waals surface area contributed by atoms with Crippen LogP contribution in [0.1, 0.15) is 98.0 Å². The number of hydrogen-bond acceptors (Lipinski definition) is 7. The predicted octanol–water partition coefficient (Wildman–Crippen LogP) is 8.47. The smallest absolute Gasteiger partial charge is 0.0386 e. The summed E-state index contributed by atoms with van der Waals surface area (Å²) >= 11 is 0. The summed E-state index contributed by atoms with van der Waals surface area (Å²) in [7, 11) is 15.3. The molecule has 15 heteroatoms. The molecule has 1 aliphatic rings. The Labute approximate surface area is 427 Å². The zero-order chi connectivity index (χ0) is 50.1. The van der Waals surface area contributed by atoms with Crippen molar-refractivity contribution in [1.82, 2.24) is 74.2 Å². The molecule has 0 fully saturated rings. The molecule has 384 valence electrons. The fourth-order valence-electron chi connectivity index (χ4n) is 10.7. The maximum absolute atomic E-state index is 3.73. The molecule has 16 bridgehead atoms. The molecule has 0 atom stereocenters. The summed E-state index contributed by atoms with van der Waals surface area (Å²) in [5.41, 5.74) is 19.9. The van der Waals surface area contributed by atoms with Gasteiger partial charge in [-0.2, -0.15) is 0 Å².